The van der Waals surface area contributed by atoms with Crippen LogP contribution in [0.3, 0.4) is 0 Å². The van der Waals surface area contributed by atoms with Crippen LogP contribution in [0.2, 0.25) is 0 Å². The van der Waals surface area contributed by atoms with Gasteiger partial charge in [-0.25, -0.2) is 9.59 Å². The Labute approximate surface area is 202 Å². The molecule has 0 aliphatic heterocycles. The number of amides is 2. The molecule has 222 valence electrons. The Kier molecular flexibility index (Phi) is 10.5. The van der Waals surface area contributed by atoms with Gasteiger partial charge in [-0.05, 0) is 13.8 Å². The number of alkyl halides is 12. The molecule has 0 aliphatic carbocycles. The van der Waals surface area contributed by atoms with E-state index in [-0.39, 0.29) is 0 Å². The van der Waals surface area contributed by atoms with Gasteiger partial charge in [0.1, 0.15) is 0 Å². The van der Waals surface area contributed by atoms with Crippen LogP contribution in [0, 0.1) is 0 Å². The molecular weight excluding hydrogens is 576 g/mol. The third-order valence-electron chi connectivity index (χ3n) is 4.40. The molecule has 22 heteroatoms. The summed E-state index contributed by atoms with van der Waals surface area (Å²) >= 11 is 0. The average Bonchev–Trinajstić information content (AvgIpc) is 2.67. The maximum atomic E-state index is 13.3. The van der Waals surface area contributed by atoms with Crippen molar-refractivity contribution in [2.45, 2.75) is 61.8 Å². The van der Waals surface area contributed by atoms with Gasteiger partial charge in [0.2, 0.25) is 0 Å². The van der Waals surface area contributed by atoms with Crippen LogP contribution in [0.1, 0.15) is 13.8 Å². The minimum absolute atomic E-state index is 0.401. The van der Waals surface area contributed by atoms with Crippen molar-refractivity contribution in [3.8, 4) is 0 Å². The molecule has 0 fully saturated rings. The summed E-state index contributed by atoms with van der Waals surface area (Å²) < 4.78 is 167. The summed E-state index contributed by atoms with van der Waals surface area (Å²) in [6, 6.07) is -7.46. The monoisotopic (exact) mass is 592 g/mol. The molecule has 0 aromatic rings. The molecule has 10 nitrogen and oxygen atoms in total. The lowest BCUT2D eigenvalue weighted by molar-refractivity contribution is -0.363. The number of carbonyl (C=O) groups is 4. The van der Waals surface area contributed by atoms with Gasteiger partial charge in [-0.1, -0.05) is 0 Å². The van der Waals surface area contributed by atoms with Crippen LogP contribution < -0.4 is 10.6 Å². The molecule has 0 spiro atoms. The predicted molar refractivity (Wildman–Crippen MR) is 92.1 cm³/mol. The normalized spacial score (nSPS) is 15.4. The Bertz CT molecular complexity index is 797. The van der Waals surface area contributed by atoms with E-state index in [9.17, 15) is 71.9 Å². The highest BCUT2D eigenvalue weighted by molar-refractivity contribution is 5.97. The molecule has 0 rings (SSSR count). The van der Waals surface area contributed by atoms with Crippen molar-refractivity contribution in [3.63, 3.8) is 0 Å². The van der Waals surface area contributed by atoms with Gasteiger partial charge in [-0.2, -0.15) is 52.7 Å². The first-order chi connectivity index (χ1) is 16.8. The van der Waals surface area contributed by atoms with Gasteiger partial charge in [-0.3, -0.25) is 9.59 Å². The highest BCUT2D eigenvalue weighted by Crippen LogP contribution is 2.47. The third-order valence-corrected chi connectivity index (χ3v) is 4.40. The maximum Gasteiger partial charge on any atom is 0.435 e. The Balaban J connectivity index is 6.86. The second-order valence-corrected chi connectivity index (χ2v) is 6.80. The molecular formula is C16H16F12N2O8. The number of hydrogen-bond donors (Lipinski definition) is 4. The second kappa shape index (κ2) is 11.4. The molecule has 0 heterocycles. The number of carboxylic acids is 2. The van der Waals surface area contributed by atoms with Crippen molar-refractivity contribution in [1.29, 1.82) is 0 Å². The molecule has 0 saturated heterocycles. The Morgan fingerprint density at radius 2 is 0.789 bits per heavy atom. The van der Waals surface area contributed by atoms with Gasteiger partial charge >= 0.3 is 47.8 Å². The SMILES string of the molecule is CCOC(C(=O)N[C@H](C(=O)O)[C@@H](NC(=O)C(OCC)(C(F)(F)F)C(F)(F)F)C(=O)O)(C(F)(F)F)C(F)(F)F. The number of ether oxygens (including phenoxy) is 2. The molecule has 0 aromatic carbocycles. The Hall–Kier alpha value is -3.04. The predicted octanol–water partition coefficient (Wildman–Crippen LogP) is 1.93. The lowest BCUT2D eigenvalue weighted by atomic mass is 9.97. The van der Waals surface area contributed by atoms with E-state index >= 15 is 0 Å². The zero-order valence-corrected chi connectivity index (χ0v) is 18.4. The lowest BCUT2D eigenvalue weighted by Gasteiger charge is -2.37. The fourth-order valence-electron chi connectivity index (χ4n) is 2.79. The van der Waals surface area contributed by atoms with Crippen LogP contribution in [0.4, 0.5) is 52.7 Å². The molecule has 2 amide bonds. The zero-order valence-electron chi connectivity index (χ0n) is 18.4. The minimum atomic E-state index is -6.73. The van der Waals surface area contributed by atoms with E-state index < -0.39 is 85.0 Å². The van der Waals surface area contributed by atoms with Crippen LogP contribution in [-0.2, 0) is 28.7 Å². The number of hydrogen-bond acceptors (Lipinski definition) is 6. The Morgan fingerprint density at radius 3 is 0.921 bits per heavy atom. The highest BCUT2D eigenvalue weighted by Gasteiger charge is 2.79. The number of rotatable bonds is 11. The van der Waals surface area contributed by atoms with Crippen LogP contribution in [0.5, 0.6) is 0 Å². The van der Waals surface area contributed by atoms with Crippen molar-refractivity contribution in [2.75, 3.05) is 13.2 Å². The maximum absolute atomic E-state index is 13.3. The quantitative estimate of drug-likeness (QED) is 0.266. The second-order valence-electron chi connectivity index (χ2n) is 6.80. The van der Waals surface area contributed by atoms with Crippen molar-refractivity contribution in [1.82, 2.24) is 10.6 Å². The third kappa shape index (κ3) is 6.32. The van der Waals surface area contributed by atoms with E-state index in [0.717, 1.165) is 0 Å². The topological polar surface area (TPSA) is 151 Å². The largest absolute Gasteiger partial charge is 0.480 e. The van der Waals surface area contributed by atoms with Crippen molar-refractivity contribution in [2.24, 2.45) is 0 Å². The van der Waals surface area contributed by atoms with Gasteiger partial charge in [0.25, 0.3) is 11.8 Å². The summed E-state index contributed by atoms with van der Waals surface area (Å²) in [5.41, 5.74) is -11.8. The van der Waals surface area contributed by atoms with Crippen LogP contribution >= 0.6 is 0 Å². The summed E-state index contributed by atoms with van der Waals surface area (Å²) in [5.74, 6) is -12.8. The molecule has 0 aromatic heterocycles. The molecule has 4 N–H and O–H groups in total. The minimum Gasteiger partial charge on any atom is -0.480 e. The standard InChI is InChI=1S/C16H16F12N2O8/c1-3-37-11(13(17,18)19,14(20,21)22)9(35)29-5(7(31)32)6(8(33)34)30-10(36)12(38-4-2,15(23,24)25)16(26,27)28/h5-6H,3-4H2,1-2H3,(H,29,35)(H,30,36)(H,31,32)(H,33,34)/t5-,6+. The van der Waals surface area contributed by atoms with Crippen LogP contribution in [0.15, 0.2) is 0 Å². The molecule has 0 aliphatic rings. The summed E-state index contributed by atoms with van der Waals surface area (Å²) in [4.78, 5) is 46.9. The molecule has 0 radical (unpaired) electrons. The number of carboxylic acid groups (broad SMARTS) is 2. The van der Waals surface area contributed by atoms with Crippen LogP contribution in [-0.4, -0.2) is 95.2 Å². The van der Waals surface area contributed by atoms with Gasteiger partial charge in [0.15, 0.2) is 12.1 Å². The van der Waals surface area contributed by atoms with E-state index in [1.165, 1.54) is 0 Å². The van der Waals surface area contributed by atoms with Gasteiger partial charge in [0, 0.05) is 13.2 Å². The van der Waals surface area contributed by atoms with Gasteiger partial charge < -0.3 is 30.3 Å². The lowest BCUT2D eigenvalue weighted by Crippen LogP contribution is -2.73. The number of halogens is 12. The first-order valence-electron chi connectivity index (χ1n) is 9.42. The number of nitrogens with one attached hydrogen (secondary N) is 2. The van der Waals surface area contributed by atoms with E-state index in [2.05, 4.69) is 9.47 Å². The van der Waals surface area contributed by atoms with Crippen LogP contribution in [0.25, 0.3) is 0 Å². The number of aliphatic carboxylic acids is 2. The van der Waals surface area contributed by atoms with Crippen molar-refractivity contribution < 1.29 is 91.5 Å². The highest BCUT2D eigenvalue weighted by atomic mass is 19.4. The van der Waals surface area contributed by atoms with E-state index in [4.69, 9.17) is 10.2 Å². The first kappa shape index (κ1) is 35.0. The summed E-state index contributed by atoms with van der Waals surface area (Å²) in [5, 5.41) is 18.9. The summed E-state index contributed by atoms with van der Waals surface area (Å²) in [6.07, 6.45) is -26.9. The molecule has 0 saturated carbocycles. The van der Waals surface area contributed by atoms with E-state index in [1.807, 2.05) is 0 Å². The number of carbonyl (C=O) groups excluding carboxylic acids is 2. The van der Waals surface area contributed by atoms with Gasteiger partial charge in [-0.15, -0.1) is 0 Å². The Morgan fingerprint density at radius 1 is 0.579 bits per heavy atom. The average molecular weight is 592 g/mol. The molecule has 0 bridgehead atoms. The molecule has 0 unspecified atom stereocenters. The molecule has 38 heavy (non-hydrogen) atoms. The zero-order chi connectivity index (χ0) is 30.7. The van der Waals surface area contributed by atoms with Gasteiger partial charge in [0.05, 0.1) is 0 Å². The fraction of sp³-hybridized carbons (Fsp3) is 0.750. The van der Waals surface area contributed by atoms with E-state index in [1.54, 1.807) is 0 Å². The van der Waals surface area contributed by atoms with Crippen molar-refractivity contribution in [3.05, 3.63) is 0 Å². The first-order valence-corrected chi connectivity index (χ1v) is 9.42. The molecule has 2 atom stereocenters. The summed E-state index contributed by atoms with van der Waals surface area (Å²) in [6.45, 7) is -2.04. The van der Waals surface area contributed by atoms with Crippen molar-refractivity contribution >= 4 is 23.8 Å². The fourth-order valence-corrected chi connectivity index (χ4v) is 2.79. The smallest absolute Gasteiger partial charge is 0.435 e. The van der Waals surface area contributed by atoms with E-state index in [0.29, 0.717) is 24.5 Å². The summed E-state index contributed by atoms with van der Waals surface area (Å²) in [7, 11) is 0.